The Morgan fingerprint density at radius 2 is 1.50 bits per heavy atom. The molecule has 2 nitrogen and oxygen atoms in total. The van der Waals surface area contributed by atoms with Gasteiger partial charge in [0, 0.05) is 5.92 Å². The molecule has 2 heteroatoms. The van der Waals surface area contributed by atoms with E-state index in [0.717, 1.165) is 12.1 Å². The van der Waals surface area contributed by atoms with Gasteiger partial charge in [0.15, 0.2) is 0 Å². The van der Waals surface area contributed by atoms with Crippen LogP contribution in [0.15, 0.2) is 5.16 Å². The molecule has 0 radical (unpaired) electrons. The molecule has 118 valence electrons. The lowest BCUT2D eigenvalue weighted by Crippen LogP contribution is -2.19. The summed E-state index contributed by atoms with van der Waals surface area (Å²) < 4.78 is 0. The second-order valence-corrected chi connectivity index (χ2v) is 6.50. The summed E-state index contributed by atoms with van der Waals surface area (Å²) in [6.07, 6.45) is 20.0. The number of rotatable bonds is 11. The van der Waals surface area contributed by atoms with Gasteiger partial charge < -0.3 is 5.21 Å². The Bertz CT molecular complexity index is 250. The van der Waals surface area contributed by atoms with Crippen molar-refractivity contribution in [3.05, 3.63) is 0 Å². The molecular weight excluding hydrogens is 246 g/mol. The molecule has 1 aliphatic carbocycles. The van der Waals surface area contributed by atoms with Crippen molar-refractivity contribution in [2.24, 2.45) is 11.1 Å². The average Bonchev–Trinajstić information content (AvgIpc) is 2.49. The zero-order valence-corrected chi connectivity index (χ0v) is 13.6. The highest BCUT2D eigenvalue weighted by Gasteiger charge is 2.20. The van der Waals surface area contributed by atoms with Crippen molar-refractivity contribution in [3.63, 3.8) is 0 Å². The van der Waals surface area contributed by atoms with E-state index in [0.29, 0.717) is 5.92 Å². The topological polar surface area (TPSA) is 32.6 Å². The Morgan fingerprint density at radius 1 is 0.900 bits per heavy atom. The van der Waals surface area contributed by atoms with E-state index in [1.165, 1.54) is 89.9 Å². The van der Waals surface area contributed by atoms with Crippen LogP contribution in [0, 0.1) is 5.92 Å². The van der Waals surface area contributed by atoms with E-state index in [9.17, 15) is 0 Å². The molecule has 0 unspecified atom stereocenters. The highest BCUT2D eigenvalue weighted by Crippen LogP contribution is 2.26. The fourth-order valence-electron chi connectivity index (χ4n) is 3.39. The van der Waals surface area contributed by atoms with Gasteiger partial charge in [0.05, 0.1) is 5.71 Å². The van der Waals surface area contributed by atoms with E-state index in [1.54, 1.807) is 0 Å². The Balaban J connectivity index is 1.89. The van der Waals surface area contributed by atoms with E-state index in [2.05, 4.69) is 12.1 Å². The summed E-state index contributed by atoms with van der Waals surface area (Å²) in [5, 5.41) is 12.5. The highest BCUT2D eigenvalue weighted by molar-refractivity contribution is 5.86. The third-order valence-electron chi connectivity index (χ3n) is 4.74. The predicted molar refractivity (Wildman–Crippen MR) is 87.6 cm³/mol. The number of hydrogen-bond acceptors (Lipinski definition) is 2. The minimum Gasteiger partial charge on any atom is -0.411 e. The van der Waals surface area contributed by atoms with Gasteiger partial charge in [-0.15, -0.1) is 0 Å². The largest absolute Gasteiger partial charge is 0.411 e. The average molecular weight is 281 g/mol. The first-order valence-corrected chi connectivity index (χ1v) is 9.09. The molecule has 1 rings (SSSR count). The second kappa shape index (κ2) is 12.2. The van der Waals surface area contributed by atoms with Crippen molar-refractivity contribution in [3.8, 4) is 0 Å². The van der Waals surface area contributed by atoms with Crippen molar-refractivity contribution in [2.45, 2.75) is 103 Å². The summed E-state index contributed by atoms with van der Waals surface area (Å²) in [7, 11) is 0. The van der Waals surface area contributed by atoms with Crippen LogP contribution in [0.4, 0.5) is 0 Å². The van der Waals surface area contributed by atoms with Gasteiger partial charge in [-0.1, -0.05) is 82.7 Å². The summed E-state index contributed by atoms with van der Waals surface area (Å²) >= 11 is 0. The molecule has 1 atom stereocenters. The van der Waals surface area contributed by atoms with Gasteiger partial charge in [0.2, 0.25) is 0 Å². The first-order valence-electron chi connectivity index (χ1n) is 9.09. The second-order valence-electron chi connectivity index (χ2n) is 6.50. The maximum Gasteiger partial charge on any atom is 0.0601 e. The maximum absolute atomic E-state index is 9.01. The molecule has 1 N–H and O–H groups in total. The SMILES string of the molecule is CCCCCCCCCCCC[C@@H]1CCCC/C1=N\O. The van der Waals surface area contributed by atoms with E-state index in [1.807, 2.05) is 0 Å². The zero-order valence-electron chi connectivity index (χ0n) is 13.6. The molecule has 0 aromatic rings. The number of oxime groups is 1. The number of nitrogens with zero attached hydrogens (tertiary/aromatic N) is 1. The lowest BCUT2D eigenvalue weighted by molar-refractivity contribution is 0.307. The molecule has 0 aromatic carbocycles. The third-order valence-corrected chi connectivity index (χ3v) is 4.74. The van der Waals surface area contributed by atoms with Crippen LogP contribution in [0.2, 0.25) is 0 Å². The minimum atomic E-state index is 0.586. The fraction of sp³-hybridized carbons (Fsp3) is 0.944. The van der Waals surface area contributed by atoms with Crippen molar-refractivity contribution in [1.29, 1.82) is 0 Å². The Morgan fingerprint density at radius 3 is 2.10 bits per heavy atom. The van der Waals surface area contributed by atoms with Crippen LogP contribution in [-0.2, 0) is 0 Å². The summed E-state index contributed by atoms with van der Waals surface area (Å²) in [5.74, 6) is 0.586. The van der Waals surface area contributed by atoms with Crippen molar-refractivity contribution in [2.75, 3.05) is 0 Å². The van der Waals surface area contributed by atoms with Crippen molar-refractivity contribution < 1.29 is 5.21 Å². The van der Waals surface area contributed by atoms with Gasteiger partial charge in [-0.05, 0) is 25.7 Å². The molecule has 0 heterocycles. The molecular formula is C18H35NO. The van der Waals surface area contributed by atoms with Crippen LogP contribution in [0.1, 0.15) is 103 Å². The maximum atomic E-state index is 9.01. The lowest BCUT2D eigenvalue weighted by Gasteiger charge is -2.22. The van der Waals surface area contributed by atoms with Gasteiger partial charge >= 0.3 is 0 Å². The smallest absolute Gasteiger partial charge is 0.0601 e. The Kier molecular flexibility index (Phi) is 10.7. The molecule has 0 amide bonds. The van der Waals surface area contributed by atoms with Gasteiger partial charge in [-0.2, -0.15) is 0 Å². The molecule has 1 aliphatic rings. The fourth-order valence-corrected chi connectivity index (χ4v) is 3.39. The van der Waals surface area contributed by atoms with E-state index >= 15 is 0 Å². The van der Waals surface area contributed by atoms with Crippen LogP contribution in [0.5, 0.6) is 0 Å². The summed E-state index contributed by atoms with van der Waals surface area (Å²) in [4.78, 5) is 0. The molecule has 0 aliphatic heterocycles. The zero-order chi connectivity index (χ0) is 14.5. The van der Waals surface area contributed by atoms with E-state index < -0.39 is 0 Å². The van der Waals surface area contributed by atoms with Crippen LogP contribution >= 0.6 is 0 Å². The standard InChI is InChI=1S/C18H35NO/c1-2-3-4-5-6-7-8-9-10-11-14-17-15-12-13-16-18(17)19-20/h17,20H,2-16H2,1H3/b19-18+/t17-/m1/s1. The molecule has 1 fully saturated rings. The molecule has 0 aromatic heterocycles. The minimum absolute atomic E-state index is 0.586. The van der Waals surface area contributed by atoms with Gasteiger partial charge in [-0.3, -0.25) is 0 Å². The van der Waals surface area contributed by atoms with Crippen LogP contribution in [0.3, 0.4) is 0 Å². The van der Waals surface area contributed by atoms with Crippen molar-refractivity contribution in [1.82, 2.24) is 0 Å². The normalized spacial score (nSPS) is 21.4. The quantitative estimate of drug-likeness (QED) is 0.268. The molecule has 0 spiro atoms. The Hall–Kier alpha value is -0.530. The first-order chi connectivity index (χ1) is 9.88. The third kappa shape index (κ3) is 7.91. The monoisotopic (exact) mass is 281 g/mol. The van der Waals surface area contributed by atoms with Gasteiger partial charge in [-0.25, -0.2) is 0 Å². The Labute approximate surface area is 126 Å². The van der Waals surface area contributed by atoms with Gasteiger partial charge in [0.25, 0.3) is 0 Å². The first kappa shape index (κ1) is 17.5. The van der Waals surface area contributed by atoms with Crippen LogP contribution in [-0.4, -0.2) is 10.9 Å². The molecule has 0 saturated heterocycles. The van der Waals surface area contributed by atoms with E-state index in [4.69, 9.17) is 5.21 Å². The highest BCUT2D eigenvalue weighted by atomic mass is 16.4. The van der Waals surface area contributed by atoms with Gasteiger partial charge in [0.1, 0.15) is 0 Å². The van der Waals surface area contributed by atoms with E-state index in [-0.39, 0.29) is 0 Å². The summed E-state index contributed by atoms with van der Waals surface area (Å²) in [6, 6.07) is 0. The predicted octanol–water partition coefficient (Wildman–Crippen LogP) is 6.32. The van der Waals surface area contributed by atoms with Crippen LogP contribution < -0.4 is 0 Å². The van der Waals surface area contributed by atoms with Crippen molar-refractivity contribution >= 4 is 5.71 Å². The lowest BCUT2D eigenvalue weighted by atomic mass is 9.84. The number of unbranched alkanes of at least 4 members (excludes halogenated alkanes) is 9. The number of hydrogen-bond donors (Lipinski definition) is 1. The molecule has 1 saturated carbocycles. The van der Waals surface area contributed by atoms with Crippen LogP contribution in [0.25, 0.3) is 0 Å². The summed E-state index contributed by atoms with van der Waals surface area (Å²) in [5.41, 5.74) is 1.08. The molecule has 0 bridgehead atoms. The summed E-state index contributed by atoms with van der Waals surface area (Å²) in [6.45, 7) is 2.28. The molecule has 20 heavy (non-hydrogen) atoms.